The Balaban J connectivity index is 2.02. The number of carbonyl (C=O) groups is 1. The van der Waals surface area contributed by atoms with Crippen molar-refractivity contribution in [3.05, 3.63) is 27.9 Å². The van der Waals surface area contributed by atoms with Crippen LogP contribution in [0.25, 0.3) is 20.8 Å². The van der Waals surface area contributed by atoms with Crippen LogP contribution in [0.15, 0.2) is 22.3 Å². The van der Waals surface area contributed by atoms with E-state index in [1.54, 1.807) is 0 Å². The molecule has 3 rings (SSSR count). The number of carbonyl (C=O) groups excluding carboxylic acids is 1. The van der Waals surface area contributed by atoms with Gasteiger partial charge in [0.2, 0.25) is 5.91 Å². The molecular weight excluding hydrogens is 332 g/mol. The third kappa shape index (κ3) is 3.04. The molecule has 0 saturated carbocycles. The highest BCUT2D eigenvalue weighted by molar-refractivity contribution is 7.23. The van der Waals surface area contributed by atoms with Crippen molar-refractivity contribution in [2.75, 3.05) is 5.32 Å². The van der Waals surface area contributed by atoms with Gasteiger partial charge in [-0.25, -0.2) is 10.1 Å². The monoisotopic (exact) mass is 348 g/mol. The number of nitrogens with zero attached hydrogens (tertiary/aromatic N) is 2. The van der Waals surface area contributed by atoms with Crippen LogP contribution in [0.3, 0.4) is 0 Å². The van der Waals surface area contributed by atoms with E-state index in [-0.39, 0.29) is 17.4 Å². The highest BCUT2D eigenvalue weighted by atomic mass is 32.1. The summed E-state index contributed by atoms with van der Waals surface area (Å²) in [6.45, 7) is 3.96. The number of rotatable bonds is 5. The van der Waals surface area contributed by atoms with Gasteiger partial charge in [0.15, 0.2) is 10.6 Å². The molecule has 2 N–H and O–H groups in total. The van der Waals surface area contributed by atoms with Crippen LogP contribution >= 0.6 is 22.7 Å². The van der Waals surface area contributed by atoms with Gasteiger partial charge < -0.3 is 5.32 Å². The van der Waals surface area contributed by atoms with Gasteiger partial charge in [0.25, 0.3) is 5.56 Å². The highest BCUT2D eigenvalue weighted by Crippen LogP contribution is 2.33. The smallest absolute Gasteiger partial charge is 0.291 e. The zero-order chi connectivity index (χ0) is 16.4. The molecule has 0 bridgehead atoms. The summed E-state index contributed by atoms with van der Waals surface area (Å²) >= 11 is 2.82. The molecule has 0 aromatic carbocycles. The maximum Gasteiger partial charge on any atom is 0.291 e. The fraction of sp³-hybridized carbons (Fsp3) is 0.333. The first-order chi connectivity index (χ1) is 11.1. The van der Waals surface area contributed by atoms with Crippen molar-refractivity contribution in [2.45, 2.75) is 26.7 Å². The zero-order valence-corrected chi connectivity index (χ0v) is 14.4. The van der Waals surface area contributed by atoms with Gasteiger partial charge in [-0.3, -0.25) is 9.59 Å². The lowest BCUT2D eigenvalue weighted by atomic mass is 10.0. The molecule has 8 heteroatoms. The molecule has 3 heterocycles. The van der Waals surface area contributed by atoms with Crippen molar-refractivity contribution in [1.82, 2.24) is 15.2 Å². The van der Waals surface area contributed by atoms with Gasteiger partial charge in [-0.05, 0) is 24.3 Å². The van der Waals surface area contributed by atoms with Crippen LogP contribution in [0.1, 0.15) is 26.7 Å². The van der Waals surface area contributed by atoms with E-state index in [1.165, 1.54) is 22.7 Å². The highest BCUT2D eigenvalue weighted by Gasteiger charge is 2.19. The summed E-state index contributed by atoms with van der Waals surface area (Å²) in [5.74, 6) is -0.105. The van der Waals surface area contributed by atoms with Crippen molar-refractivity contribution in [3.8, 4) is 10.6 Å². The summed E-state index contributed by atoms with van der Waals surface area (Å²) < 4.78 is 0.691. The van der Waals surface area contributed by atoms with Crippen LogP contribution in [-0.4, -0.2) is 21.1 Å². The third-order valence-electron chi connectivity index (χ3n) is 3.67. The number of H-pyrrole nitrogens is 1. The number of hydrogen-bond acceptors (Lipinski definition) is 6. The SMILES string of the molecule is CCC(CC)C(=O)Nc1nc2c(=O)[nH]nc(-c3cccs3)c2s1. The predicted octanol–water partition coefficient (Wildman–Crippen LogP) is 3.48. The Labute approximate surface area is 140 Å². The van der Waals surface area contributed by atoms with Gasteiger partial charge in [0, 0.05) is 5.92 Å². The quantitative estimate of drug-likeness (QED) is 0.739. The second-order valence-corrected chi connectivity index (χ2v) is 7.02. The van der Waals surface area contributed by atoms with E-state index in [9.17, 15) is 9.59 Å². The standard InChI is InChI=1S/C15H16N4O2S2/c1-3-8(4-2)13(20)17-15-16-11-12(23-15)10(18-19-14(11)21)9-6-5-7-22-9/h5-8H,3-4H2,1-2H3,(H,19,21)(H,16,17,20). The molecule has 0 aliphatic carbocycles. The van der Waals surface area contributed by atoms with Crippen molar-refractivity contribution in [3.63, 3.8) is 0 Å². The number of thiophene rings is 1. The number of nitrogens with one attached hydrogen (secondary N) is 2. The zero-order valence-electron chi connectivity index (χ0n) is 12.8. The van der Waals surface area contributed by atoms with Gasteiger partial charge in [0.1, 0.15) is 5.69 Å². The summed E-state index contributed by atoms with van der Waals surface area (Å²) in [5, 5.41) is 11.8. The Morgan fingerprint density at radius 3 is 2.83 bits per heavy atom. The van der Waals surface area contributed by atoms with E-state index in [1.807, 2.05) is 31.4 Å². The molecule has 0 saturated heterocycles. The molecule has 0 unspecified atom stereocenters. The number of aromatic nitrogens is 3. The average molecular weight is 348 g/mol. The van der Waals surface area contributed by atoms with Gasteiger partial charge >= 0.3 is 0 Å². The molecule has 3 aromatic rings. The summed E-state index contributed by atoms with van der Waals surface area (Å²) in [6, 6.07) is 3.86. The number of aromatic amines is 1. The number of hydrogen-bond donors (Lipinski definition) is 2. The maximum atomic E-state index is 12.2. The average Bonchev–Trinajstić information content (AvgIpc) is 3.19. The lowest BCUT2D eigenvalue weighted by Crippen LogP contribution is -2.21. The Kier molecular flexibility index (Phi) is 4.53. The first kappa shape index (κ1) is 15.8. The fourth-order valence-corrected chi connectivity index (χ4v) is 4.10. The Hall–Kier alpha value is -2.06. The summed E-state index contributed by atoms with van der Waals surface area (Å²) in [4.78, 5) is 29.4. The van der Waals surface area contributed by atoms with Crippen LogP contribution in [-0.2, 0) is 4.79 Å². The minimum Gasteiger partial charge on any atom is -0.302 e. The Morgan fingerprint density at radius 1 is 1.39 bits per heavy atom. The second-order valence-electron chi connectivity index (χ2n) is 5.08. The van der Waals surface area contributed by atoms with Crippen LogP contribution < -0.4 is 10.9 Å². The molecule has 0 spiro atoms. The van der Waals surface area contributed by atoms with Crippen molar-refractivity contribution in [2.24, 2.45) is 5.92 Å². The number of amides is 1. The molecule has 6 nitrogen and oxygen atoms in total. The maximum absolute atomic E-state index is 12.2. The number of thiazole rings is 1. The van der Waals surface area contributed by atoms with Crippen molar-refractivity contribution < 1.29 is 4.79 Å². The van der Waals surface area contributed by atoms with Gasteiger partial charge in [-0.2, -0.15) is 5.10 Å². The van der Waals surface area contributed by atoms with E-state index in [0.717, 1.165) is 17.7 Å². The summed E-state index contributed by atoms with van der Waals surface area (Å²) in [6.07, 6.45) is 1.55. The largest absolute Gasteiger partial charge is 0.302 e. The minimum atomic E-state index is -0.348. The van der Waals surface area contributed by atoms with Crippen LogP contribution in [0.5, 0.6) is 0 Å². The van der Waals surface area contributed by atoms with E-state index in [4.69, 9.17) is 0 Å². The molecule has 0 aliphatic heterocycles. The van der Waals surface area contributed by atoms with Crippen molar-refractivity contribution in [1.29, 1.82) is 0 Å². The normalized spacial score (nSPS) is 11.3. The molecule has 23 heavy (non-hydrogen) atoms. The fourth-order valence-electron chi connectivity index (χ4n) is 2.35. The van der Waals surface area contributed by atoms with E-state index in [2.05, 4.69) is 20.5 Å². The lowest BCUT2D eigenvalue weighted by Gasteiger charge is -2.10. The molecule has 3 aromatic heterocycles. The summed E-state index contributed by atoms with van der Waals surface area (Å²) in [5.41, 5.74) is 0.656. The van der Waals surface area contributed by atoms with Crippen LogP contribution in [0, 0.1) is 5.92 Å². The van der Waals surface area contributed by atoms with E-state index in [0.29, 0.717) is 21.0 Å². The number of anilines is 1. The molecule has 120 valence electrons. The van der Waals surface area contributed by atoms with Crippen LogP contribution in [0.2, 0.25) is 0 Å². The molecule has 0 atom stereocenters. The summed E-state index contributed by atoms with van der Waals surface area (Å²) in [7, 11) is 0. The Morgan fingerprint density at radius 2 is 2.17 bits per heavy atom. The molecule has 0 aliphatic rings. The van der Waals surface area contributed by atoms with Crippen molar-refractivity contribution >= 4 is 43.9 Å². The predicted molar refractivity (Wildman–Crippen MR) is 94.1 cm³/mol. The first-order valence-electron chi connectivity index (χ1n) is 7.38. The minimum absolute atomic E-state index is 0.0461. The molecule has 1 amide bonds. The second kappa shape index (κ2) is 6.59. The topological polar surface area (TPSA) is 87.7 Å². The van der Waals surface area contributed by atoms with E-state index < -0.39 is 0 Å². The van der Waals surface area contributed by atoms with Crippen LogP contribution in [0.4, 0.5) is 5.13 Å². The van der Waals surface area contributed by atoms with Gasteiger partial charge in [-0.1, -0.05) is 31.3 Å². The first-order valence-corrected chi connectivity index (χ1v) is 9.07. The Bertz CT molecular complexity index is 879. The molecular formula is C15H16N4O2S2. The van der Waals surface area contributed by atoms with Gasteiger partial charge in [0.05, 0.1) is 9.58 Å². The number of fused-ring (bicyclic) bond motifs is 1. The third-order valence-corrected chi connectivity index (χ3v) is 5.52. The van der Waals surface area contributed by atoms with Gasteiger partial charge in [-0.15, -0.1) is 11.3 Å². The molecule has 0 fully saturated rings. The molecule has 0 radical (unpaired) electrons. The van der Waals surface area contributed by atoms with E-state index >= 15 is 0 Å². The lowest BCUT2D eigenvalue weighted by molar-refractivity contribution is -0.120.